The van der Waals surface area contributed by atoms with E-state index in [2.05, 4.69) is 4.72 Å². The molecule has 2 amide bonds. The van der Waals surface area contributed by atoms with Crippen molar-refractivity contribution in [2.75, 3.05) is 13.6 Å². The Morgan fingerprint density at radius 3 is 2.44 bits per heavy atom. The summed E-state index contributed by atoms with van der Waals surface area (Å²) >= 11 is 0. The Morgan fingerprint density at radius 2 is 1.89 bits per heavy atom. The van der Waals surface area contributed by atoms with Gasteiger partial charge in [0.05, 0.1) is 16.0 Å². The van der Waals surface area contributed by atoms with Crippen LogP contribution in [0.5, 0.6) is 0 Å². The minimum Gasteiger partial charge on any atom is -0.275 e. The third-order valence-electron chi connectivity index (χ3n) is 2.84. The minimum absolute atomic E-state index is 0.0429. The minimum atomic E-state index is -3.76. The summed E-state index contributed by atoms with van der Waals surface area (Å²) in [5.41, 5.74) is 0.0943. The van der Waals surface area contributed by atoms with Crippen molar-refractivity contribution in [1.29, 1.82) is 0 Å². The molecule has 6 nitrogen and oxygen atoms in total. The highest BCUT2D eigenvalue weighted by Gasteiger charge is 2.38. The number of sulfonamides is 1. The van der Waals surface area contributed by atoms with Crippen molar-refractivity contribution in [1.82, 2.24) is 9.62 Å². The lowest BCUT2D eigenvalue weighted by molar-refractivity contribution is 0.0661. The van der Waals surface area contributed by atoms with Crippen LogP contribution < -0.4 is 4.72 Å². The Kier molecular flexibility index (Phi) is 2.95. The van der Waals surface area contributed by atoms with Crippen molar-refractivity contribution < 1.29 is 18.0 Å². The molecule has 0 bridgehead atoms. The molecule has 0 unspecified atom stereocenters. The van der Waals surface area contributed by atoms with Crippen molar-refractivity contribution in [3.05, 3.63) is 29.3 Å². The van der Waals surface area contributed by atoms with E-state index in [1.807, 2.05) is 0 Å². The summed E-state index contributed by atoms with van der Waals surface area (Å²) in [6, 6.07) is 4.22. The van der Waals surface area contributed by atoms with E-state index >= 15 is 0 Å². The van der Waals surface area contributed by atoms with Crippen LogP contribution >= 0.6 is 0 Å². The van der Waals surface area contributed by atoms with E-state index in [-0.39, 0.29) is 22.6 Å². The summed E-state index contributed by atoms with van der Waals surface area (Å²) in [4.78, 5) is 24.8. The van der Waals surface area contributed by atoms with Gasteiger partial charge in [-0.1, -0.05) is 6.07 Å². The molecule has 0 spiro atoms. The van der Waals surface area contributed by atoms with Gasteiger partial charge in [-0.05, 0) is 26.1 Å². The van der Waals surface area contributed by atoms with Crippen molar-refractivity contribution >= 4 is 21.8 Å². The van der Waals surface area contributed by atoms with Gasteiger partial charge in [0.2, 0.25) is 10.0 Å². The smallest absolute Gasteiger partial charge is 0.262 e. The average molecular weight is 268 g/mol. The summed E-state index contributed by atoms with van der Waals surface area (Å²) in [7, 11) is -2.50. The van der Waals surface area contributed by atoms with Crippen LogP contribution in [0.4, 0.5) is 0 Å². The first-order valence-corrected chi connectivity index (χ1v) is 6.85. The molecule has 0 saturated carbocycles. The molecule has 0 fully saturated rings. The third-order valence-corrected chi connectivity index (χ3v) is 4.29. The number of rotatable bonds is 3. The highest BCUT2D eigenvalue weighted by atomic mass is 32.2. The van der Waals surface area contributed by atoms with Gasteiger partial charge in [-0.2, -0.15) is 0 Å². The molecular weight excluding hydrogens is 256 g/mol. The zero-order chi connectivity index (χ0) is 13.5. The zero-order valence-electron chi connectivity index (χ0n) is 9.93. The van der Waals surface area contributed by atoms with Crippen molar-refractivity contribution in [2.45, 2.75) is 11.8 Å². The topological polar surface area (TPSA) is 83.6 Å². The lowest BCUT2D eigenvalue weighted by atomic mass is 10.1. The molecule has 1 aliphatic heterocycles. The first-order chi connectivity index (χ1) is 8.44. The monoisotopic (exact) mass is 268 g/mol. The van der Waals surface area contributed by atoms with Gasteiger partial charge in [-0.3, -0.25) is 14.5 Å². The van der Waals surface area contributed by atoms with Crippen molar-refractivity contribution in [2.24, 2.45) is 0 Å². The van der Waals surface area contributed by atoms with Crippen LogP contribution in [0.3, 0.4) is 0 Å². The second kappa shape index (κ2) is 4.18. The Balaban J connectivity index is 2.73. The number of amides is 2. The van der Waals surface area contributed by atoms with Crippen LogP contribution in [-0.2, 0) is 10.0 Å². The largest absolute Gasteiger partial charge is 0.275 e. The number of imide groups is 1. The summed E-state index contributed by atoms with van der Waals surface area (Å²) in [5.74, 6) is -1.02. The van der Waals surface area contributed by atoms with Crippen LogP contribution in [0.25, 0.3) is 0 Å². The van der Waals surface area contributed by atoms with Crippen LogP contribution in [0.15, 0.2) is 23.1 Å². The molecule has 0 aliphatic carbocycles. The van der Waals surface area contributed by atoms with Gasteiger partial charge in [0.25, 0.3) is 11.8 Å². The summed E-state index contributed by atoms with van der Waals surface area (Å²) in [6.07, 6.45) is 0. The average Bonchev–Trinajstić information content (AvgIpc) is 2.61. The van der Waals surface area contributed by atoms with E-state index in [9.17, 15) is 18.0 Å². The normalized spacial score (nSPS) is 15.1. The van der Waals surface area contributed by atoms with E-state index in [1.165, 1.54) is 25.2 Å². The van der Waals surface area contributed by atoms with E-state index in [0.29, 0.717) is 0 Å². The maximum atomic E-state index is 12.0. The predicted octanol–water partition coefficient (Wildman–Crippen LogP) is 0.211. The molecule has 1 aromatic carbocycles. The standard InChI is InChI=1S/C11H12N2O4S/c1-3-13-10(14)7-5-4-6-8(9(7)11(13)15)18(16,17)12-2/h4-6,12H,3H2,1-2H3. The molecule has 1 heterocycles. The Bertz CT molecular complexity index is 636. The summed E-state index contributed by atoms with van der Waals surface area (Å²) in [5, 5.41) is 0. The fourth-order valence-corrected chi connectivity index (χ4v) is 2.87. The number of nitrogens with one attached hydrogen (secondary N) is 1. The number of fused-ring (bicyclic) bond motifs is 1. The van der Waals surface area contributed by atoms with Crippen LogP contribution in [0.2, 0.25) is 0 Å². The zero-order valence-corrected chi connectivity index (χ0v) is 10.7. The fraction of sp³-hybridized carbons (Fsp3) is 0.273. The molecule has 0 radical (unpaired) electrons. The van der Waals surface area contributed by atoms with E-state index in [0.717, 1.165) is 4.90 Å². The first kappa shape index (κ1) is 12.7. The SMILES string of the molecule is CCN1C(=O)c2cccc(S(=O)(=O)NC)c2C1=O. The highest BCUT2D eigenvalue weighted by molar-refractivity contribution is 7.89. The van der Waals surface area contributed by atoms with Gasteiger partial charge < -0.3 is 0 Å². The lowest BCUT2D eigenvalue weighted by Crippen LogP contribution is -2.29. The van der Waals surface area contributed by atoms with Gasteiger partial charge >= 0.3 is 0 Å². The molecule has 2 rings (SSSR count). The fourth-order valence-electron chi connectivity index (χ4n) is 1.92. The predicted molar refractivity (Wildman–Crippen MR) is 63.7 cm³/mol. The second-order valence-electron chi connectivity index (χ2n) is 3.74. The molecule has 0 saturated heterocycles. The van der Waals surface area contributed by atoms with Gasteiger partial charge in [0, 0.05) is 6.54 Å². The second-order valence-corrected chi connectivity index (χ2v) is 5.60. The third kappa shape index (κ3) is 1.63. The molecule has 1 N–H and O–H groups in total. The molecule has 7 heteroatoms. The highest BCUT2D eigenvalue weighted by Crippen LogP contribution is 2.28. The first-order valence-electron chi connectivity index (χ1n) is 5.36. The summed E-state index contributed by atoms with van der Waals surface area (Å²) in [6.45, 7) is 1.87. The number of benzene rings is 1. The van der Waals surface area contributed by atoms with E-state index < -0.39 is 21.8 Å². The lowest BCUT2D eigenvalue weighted by Gasteiger charge is -2.09. The quantitative estimate of drug-likeness (QED) is 0.794. The molecule has 18 heavy (non-hydrogen) atoms. The van der Waals surface area contributed by atoms with Gasteiger partial charge in [-0.25, -0.2) is 13.1 Å². The Hall–Kier alpha value is -1.73. The van der Waals surface area contributed by atoms with Crippen molar-refractivity contribution in [3.63, 3.8) is 0 Å². The molecular formula is C11H12N2O4S. The van der Waals surface area contributed by atoms with Crippen LogP contribution in [-0.4, -0.2) is 38.7 Å². The van der Waals surface area contributed by atoms with Gasteiger partial charge in [-0.15, -0.1) is 0 Å². The number of hydrogen-bond acceptors (Lipinski definition) is 4. The number of carbonyl (C=O) groups excluding carboxylic acids is 2. The van der Waals surface area contributed by atoms with E-state index in [1.54, 1.807) is 6.92 Å². The van der Waals surface area contributed by atoms with E-state index in [4.69, 9.17) is 0 Å². The van der Waals surface area contributed by atoms with Gasteiger partial charge in [0.1, 0.15) is 0 Å². The van der Waals surface area contributed by atoms with Crippen LogP contribution in [0, 0.1) is 0 Å². The molecule has 0 atom stereocenters. The Morgan fingerprint density at radius 1 is 1.22 bits per heavy atom. The Labute approximate surface area is 105 Å². The summed E-state index contributed by atoms with van der Waals surface area (Å²) < 4.78 is 25.8. The van der Waals surface area contributed by atoms with Crippen molar-refractivity contribution in [3.8, 4) is 0 Å². The van der Waals surface area contributed by atoms with Crippen LogP contribution in [0.1, 0.15) is 27.6 Å². The number of hydrogen-bond donors (Lipinski definition) is 1. The maximum absolute atomic E-state index is 12.0. The maximum Gasteiger partial charge on any atom is 0.262 e. The molecule has 1 aromatic rings. The molecule has 0 aromatic heterocycles. The number of carbonyl (C=O) groups is 2. The molecule has 96 valence electrons. The van der Waals surface area contributed by atoms with Gasteiger partial charge in [0.15, 0.2) is 0 Å². The molecule has 1 aliphatic rings. The number of nitrogens with zero attached hydrogens (tertiary/aromatic N) is 1.